The lowest BCUT2D eigenvalue weighted by atomic mass is 10.1. The normalized spacial score (nSPS) is 10.3. The van der Waals surface area contributed by atoms with Gasteiger partial charge >= 0.3 is 0 Å². The molecule has 2 rings (SSSR count). The van der Waals surface area contributed by atoms with Crippen molar-refractivity contribution in [3.8, 4) is 0 Å². The molecule has 0 spiro atoms. The molecule has 1 aromatic carbocycles. The molecule has 0 saturated carbocycles. The van der Waals surface area contributed by atoms with Crippen LogP contribution in [0.25, 0.3) is 0 Å². The molecule has 1 aromatic heterocycles. The number of benzene rings is 1. The summed E-state index contributed by atoms with van der Waals surface area (Å²) < 4.78 is 0. The van der Waals surface area contributed by atoms with Crippen molar-refractivity contribution in [3.05, 3.63) is 53.1 Å². The Morgan fingerprint density at radius 3 is 2.60 bits per heavy atom. The second-order valence-corrected chi connectivity index (χ2v) is 3.95. The molecule has 15 heavy (non-hydrogen) atoms. The van der Waals surface area contributed by atoms with E-state index in [0.29, 0.717) is 11.4 Å². The van der Waals surface area contributed by atoms with E-state index in [9.17, 15) is 0 Å². The fourth-order valence-corrected chi connectivity index (χ4v) is 1.72. The van der Waals surface area contributed by atoms with E-state index in [-0.39, 0.29) is 0 Å². The van der Waals surface area contributed by atoms with Gasteiger partial charge in [0.1, 0.15) is 5.82 Å². The van der Waals surface area contributed by atoms with Gasteiger partial charge < -0.3 is 0 Å². The zero-order valence-electron chi connectivity index (χ0n) is 7.89. The lowest BCUT2D eigenvalue weighted by Crippen LogP contribution is -1.95. The fourth-order valence-electron chi connectivity index (χ4n) is 1.29. The van der Waals surface area contributed by atoms with Crippen molar-refractivity contribution in [3.63, 3.8) is 0 Å². The van der Waals surface area contributed by atoms with E-state index in [2.05, 4.69) is 22.6 Å². The van der Waals surface area contributed by atoms with Crippen LogP contribution in [-0.4, -0.2) is 9.97 Å². The van der Waals surface area contributed by atoms with Gasteiger partial charge in [-0.2, -0.15) is 0 Å². The van der Waals surface area contributed by atoms with Crippen molar-refractivity contribution in [1.29, 1.82) is 0 Å². The third-order valence-electron chi connectivity index (χ3n) is 2.03. The van der Waals surface area contributed by atoms with Crippen molar-refractivity contribution in [2.24, 2.45) is 0 Å². The third-order valence-corrected chi connectivity index (χ3v) is 2.98. The minimum absolute atomic E-state index is 0.633. The molecule has 0 N–H and O–H groups in total. The Morgan fingerprint density at radius 1 is 1.13 bits per heavy atom. The smallest absolute Gasteiger partial charge is 0.132 e. The molecular formula is C11H9ClN2S. The lowest BCUT2D eigenvalue weighted by molar-refractivity contribution is 0.965. The summed E-state index contributed by atoms with van der Waals surface area (Å²) in [6.07, 6.45) is 4.08. The maximum Gasteiger partial charge on any atom is 0.132 e. The lowest BCUT2D eigenvalue weighted by Gasteiger charge is -2.04. The molecule has 0 aliphatic heterocycles. The molecule has 0 unspecified atom stereocenters. The molecule has 1 heterocycles. The number of rotatable bonds is 2. The van der Waals surface area contributed by atoms with Gasteiger partial charge in [0.05, 0.1) is 5.02 Å². The Kier molecular flexibility index (Phi) is 3.23. The molecule has 0 fully saturated rings. The van der Waals surface area contributed by atoms with E-state index in [4.69, 9.17) is 11.6 Å². The number of thiol groups is 1. The van der Waals surface area contributed by atoms with Gasteiger partial charge in [-0.25, -0.2) is 9.97 Å². The van der Waals surface area contributed by atoms with Crippen LogP contribution in [-0.2, 0) is 6.42 Å². The van der Waals surface area contributed by atoms with Crippen LogP contribution in [0, 0.1) is 0 Å². The number of hydrogen-bond acceptors (Lipinski definition) is 3. The number of halogens is 1. The van der Waals surface area contributed by atoms with E-state index in [1.54, 1.807) is 18.5 Å². The van der Waals surface area contributed by atoms with Gasteiger partial charge in [0.2, 0.25) is 0 Å². The summed E-state index contributed by atoms with van der Waals surface area (Å²) in [4.78, 5) is 9.08. The molecular weight excluding hydrogens is 228 g/mol. The molecule has 2 nitrogen and oxygen atoms in total. The van der Waals surface area contributed by atoms with Gasteiger partial charge in [0.15, 0.2) is 0 Å². The third kappa shape index (κ3) is 2.49. The van der Waals surface area contributed by atoms with Gasteiger partial charge in [-0.1, -0.05) is 23.7 Å². The average molecular weight is 237 g/mol. The molecule has 0 bridgehead atoms. The Hall–Kier alpha value is -1.06. The zero-order chi connectivity index (χ0) is 10.7. The van der Waals surface area contributed by atoms with Gasteiger partial charge in [-0.15, -0.1) is 12.6 Å². The van der Waals surface area contributed by atoms with Gasteiger partial charge in [0.25, 0.3) is 0 Å². The first-order valence-electron chi connectivity index (χ1n) is 4.49. The molecule has 4 heteroatoms. The van der Waals surface area contributed by atoms with E-state index in [1.165, 1.54) is 0 Å². The van der Waals surface area contributed by atoms with Crippen LogP contribution in [0.3, 0.4) is 0 Å². The Labute approximate surface area is 98.8 Å². The SMILES string of the molecule is Sc1cccc(Cc2ncccn2)c1Cl. The monoisotopic (exact) mass is 236 g/mol. The van der Waals surface area contributed by atoms with Crippen LogP contribution >= 0.6 is 24.2 Å². The maximum atomic E-state index is 6.11. The maximum absolute atomic E-state index is 6.11. The highest BCUT2D eigenvalue weighted by atomic mass is 35.5. The minimum Gasteiger partial charge on any atom is -0.241 e. The second-order valence-electron chi connectivity index (χ2n) is 3.09. The molecule has 0 radical (unpaired) electrons. The highest BCUT2D eigenvalue weighted by Crippen LogP contribution is 2.25. The molecule has 0 aliphatic rings. The molecule has 0 atom stereocenters. The summed E-state index contributed by atoms with van der Waals surface area (Å²) >= 11 is 10.4. The van der Waals surface area contributed by atoms with Gasteiger partial charge in [0, 0.05) is 23.7 Å². The van der Waals surface area contributed by atoms with Gasteiger partial charge in [-0.3, -0.25) is 0 Å². The summed E-state index contributed by atoms with van der Waals surface area (Å²) in [5.41, 5.74) is 0.996. The highest BCUT2D eigenvalue weighted by molar-refractivity contribution is 7.80. The van der Waals surface area contributed by atoms with Crippen LogP contribution in [0.1, 0.15) is 11.4 Å². The Morgan fingerprint density at radius 2 is 1.87 bits per heavy atom. The number of nitrogens with zero attached hydrogens (tertiary/aromatic N) is 2. The van der Waals surface area contributed by atoms with Gasteiger partial charge in [-0.05, 0) is 17.7 Å². The topological polar surface area (TPSA) is 25.8 Å². The molecule has 2 aromatic rings. The first-order valence-corrected chi connectivity index (χ1v) is 5.32. The van der Waals surface area contributed by atoms with Crippen LogP contribution in [0.5, 0.6) is 0 Å². The van der Waals surface area contributed by atoms with Crippen LogP contribution in [0.2, 0.25) is 5.02 Å². The van der Waals surface area contributed by atoms with Crippen molar-refractivity contribution < 1.29 is 0 Å². The predicted octanol–water partition coefficient (Wildman–Crippen LogP) is 3.01. The van der Waals surface area contributed by atoms with E-state index in [1.807, 2.05) is 18.2 Å². The summed E-state index contributed by atoms with van der Waals surface area (Å²) in [7, 11) is 0. The largest absolute Gasteiger partial charge is 0.241 e. The second kappa shape index (κ2) is 4.64. The van der Waals surface area contributed by atoms with Crippen LogP contribution in [0.15, 0.2) is 41.6 Å². The van der Waals surface area contributed by atoms with Crippen LogP contribution < -0.4 is 0 Å². The Balaban J connectivity index is 2.29. The summed E-state index contributed by atoms with van der Waals surface area (Å²) in [6.45, 7) is 0. The Bertz CT molecular complexity index is 459. The fraction of sp³-hybridized carbons (Fsp3) is 0.0909. The van der Waals surface area contributed by atoms with Crippen molar-refractivity contribution in [2.45, 2.75) is 11.3 Å². The highest BCUT2D eigenvalue weighted by Gasteiger charge is 2.05. The van der Waals surface area contributed by atoms with Crippen LogP contribution in [0.4, 0.5) is 0 Å². The number of hydrogen-bond donors (Lipinski definition) is 1. The summed E-state index contributed by atoms with van der Waals surface area (Å²) in [6, 6.07) is 7.53. The predicted molar refractivity (Wildman–Crippen MR) is 63.5 cm³/mol. The summed E-state index contributed by atoms with van der Waals surface area (Å²) in [5.74, 6) is 0.762. The number of aromatic nitrogens is 2. The van der Waals surface area contributed by atoms with E-state index < -0.39 is 0 Å². The van der Waals surface area contributed by atoms with Crippen molar-refractivity contribution >= 4 is 24.2 Å². The molecule has 0 amide bonds. The average Bonchev–Trinajstić information content (AvgIpc) is 2.26. The molecule has 0 saturated heterocycles. The first-order chi connectivity index (χ1) is 7.27. The minimum atomic E-state index is 0.633. The zero-order valence-corrected chi connectivity index (χ0v) is 9.54. The first kappa shape index (κ1) is 10.5. The van der Waals surface area contributed by atoms with E-state index in [0.717, 1.165) is 16.3 Å². The molecule has 0 aliphatic carbocycles. The van der Waals surface area contributed by atoms with Crippen molar-refractivity contribution in [1.82, 2.24) is 9.97 Å². The van der Waals surface area contributed by atoms with E-state index >= 15 is 0 Å². The quantitative estimate of drug-likeness (QED) is 0.812. The molecule has 76 valence electrons. The standard InChI is InChI=1S/C11H9ClN2S/c12-11-8(3-1-4-9(11)15)7-10-13-5-2-6-14-10/h1-6,15H,7H2. The summed E-state index contributed by atoms with van der Waals surface area (Å²) in [5, 5.41) is 0.674. The van der Waals surface area contributed by atoms with Crippen molar-refractivity contribution in [2.75, 3.05) is 0 Å².